The number of aromatic nitrogens is 3. The van der Waals surface area contributed by atoms with Gasteiger partial charge in [-0.1, -0.05) is 18.5 Å². The Bertz CT molecular complexity index is 1260. The van der Waals surface area contributed by atoms with Crippen LogP contribution in [0.15, 0.2) is 47.5 Å². The number of rotatable bonds is 10. The van der Waals surface area contributed by atoms with Crippen molar-refractivity contribution in [3.63, 3.8) is 0 Å². The fourth-order valence-electron chi connectivity index (χ4n) is 3.90. The van der Waals surface area contributed by atoms with Crippen molar-refractivity contribution in [2.75, 3.05) is 31.7 Å². The Morgan fingerprint density at radius 2 is 2.11 bits per heavy atom. The van der Waals surface area contributed by atoms with Crippen LogP contribution in [0.2, 0.25) is 5.02 Å². The molecule has 10 heteroatoms. The average Bonchev–Trinajstić information content (AvgIpc) is 2.91. The maximum Gasteiger partial charge on any atom is 0.292 e. The molecule has 9 nitrogen and oxygen atoms in total. The minimum Gasteiger partial charge on any atom is -0.494 e. The molecule has 190 valence electrons. The van der Waals surface area contributed by atoms with Crippen LogP contribution < -0.4 is 20.3 Å². The highest BCUT2D eigenvalue weighted by molar-refractivity contribution is 6.32. The van der Waals surface area contributed by atoms with Gasteiger partial charge in [-0.3, -0.25) is 9.59 Å². The Balaban J connectivity index is 1.50. The van der Waals surface area contributed by atoms with Gasteiger partial charge in [-0.05, 0) is 43.9 Å². The number of Topliss-reactive ketones (excluding diaryl/α,β-unsaturated/α-hetero) is 1. The van der Waals surface area contributed by atoms with Crippen LogP contribution in [0.5, 0.6) is 17.4 Å². The predicted octanol–water partition coefficient (Wildman–Crippen LogP) is 4.90. The minimum absolute atomic E-state index is 0.0533. The molecule has 0 saturated carbocycles. The summed E-state index contributed by atoms with van der Waals surface area (Å²) in [6.07, 6.45) is 5.42. The highest BCUT2D eigenvalue weighted by Crippen LogP contribution is 2.30. The van der Waals surface area contributed by atoms with E-state index in [4.69, 9.17) is 25.8 Å². The van der Waals surface area contributed by atoms with Gasteiger partial charge in [0.2, 0.25) is 5.88 Å². The molecule has 4 rings (SSSR count). The number of hydrogen-bond donors (Lipinski definition) is 1. The summed E-state index contributed by atoms with van der Waals surface area (Å²) in [5.41, 5.74) is 0.893. The van der Waals surface area contributed by atoms with Crippen molar-refractivity contribution in [2.24, 2.45) is 5.92 Å². The number of hydrogen-bond acceptors (Lipinski definition) is 8. The van der Waals surface area contributed by atoms with E-state index in [0.29, 0.717) is 60.5 Å². The summed E-state index contributed by atoms with van der Waals surface area (Å²) in [6.45, 7) is 6.30. The Labute approximate surface area is 214 Å². The summed E-state index contributed by atoms with van der Waals surface area (Å²) in [5.74, 6) is 1.51. The highest BCUT2D eigenvalue weighted by atomic mass is 35.5. The van der Waals surface area contributed by atoms with Gasteiger partial charge in [-0.15, -0.1) is 0 Å². The molecule has 1 aromatic carbocycles. The summed E-state index contributed by atoms with van der Waals surface area (Å²) < 4.78 is 18.1. The number of carbonyl (C=O) groups is 1. The molecule has 1 N–H and O–H groups in total. The van der Waals surface area contributed by atoms with E-state index >= 15 is 0 Å². The van der Waals surface area contributed by atoms with E-state index in [9.17, 15) is 9.59 Å². The van der Waals surface area contributed by atoms with Crippen LogP contribution in [0.3, 0.4) is 0 Å². The maximum absolute atomic E-state index is 12.9. The Morgan fingerprint density at radius 3 is 2.81 bits per heavy atom. The lowest BCUT2D eigenvalue weighted by Gasteiger charge is -2.22. The number of pyridine rings is 1. The van der Waals surface area contributed by atoms with E-state index in [0.717, 1.165) is 19.4 Å². The molecular weight excluding hydrogens is 484 g/mol. The fraction of sp³-hybridized carbons (Fsp3) is 0.385. The van der Waals surface area contributed by atoms with Gasteiger partial charge in [0, 0.05) is 31.7 Å². The number of ether oxygens (including phenoxy) is 3. The number of anilines is 1. The summed E-state index contributed by atoms with van der Waals surface area (Å²) in [7, 11) is 0. The van der Waals surface area contributed by atoms with Crippen LogP contribution in [0, 0.1) is 5.92 Å². The van der Waals surface area contributed by atoms with Gasteiger partial charge in [0.15, 0.2) is 5.78 Å². The topological polar surface area (TPSA) is 105 Å². The molecule has 3 aromatic rings. The highest BCUT2D eigenvalue weighted by Gasteiger charge is 2.17. The van der Waals surface area contributed by atoms with Crippen LogP contribution >= 0.6 is 11.6 Å². The smallest absolute Gasteiger partial charge is 0.292 e. The molecule has 0 aliphatic carbocycles. The van der Waals surface area contributed by atoms with E-state index in [-0.39, 0.29) is 16.7 Å². The first-order valence-corrected chi connectivity index (χ1v) is 12.4. The lowest BCUT2D eigenvalue weighted by Crippen LogP contribution is -2.26. The molecule has 1 saturated heterocycles. The third kappa shape index (κ3) is 6.03. The molecule has 0 radical (unpaired) electrons. The third-order valence-electron chi connectivity index (χ3n) is 5.82. The number of nitrogens with one attached hydrogen (secondary N) is 1. The third-order valence-corrected chi connectivity index (χ3v) is 6.19. The van der Waals surface area contributed by atoms with Crippen LogP contribution in [0.1, 0.15) is 43.5 Å². The van der Waals surface area contributed by atoms with Crippen LogP contribution in [0.25, 0.3) is 5.69 Å². The zero-order chi connectivity index (χ0) is 25.5. The summed E-state index contributed by atoms with van der Waals surface area (Å²) in [6, 6.07) is 8.33. The SMILES string of the molecule is CCOc1ccc(C(=O)CC)c(Oc2ccc(-n3ncc(NCC4CCCOC4)c(Cl)c3=O)cn2)c1. The van der Waals surface area contributed by atoms with Gasteiger partial charge in [0.05, 0.1) is 42.5 Å². The lowest BCUT2D eigenvalue weighted by molar-refractivity contribution is 0.0595. The van der Waals surface area contributed by atoms with E-state index < -0.39 is 5.56 Å². The van der Waals surface area contributed by atoms with Crippen molar-refractivity contribution >= 4 is 23.1 Å². The Kier molecular flexibility index (Phi) is 8.56. The van der Waals surface area contributed by atoms with Gasteiger partial charge in [0.1, 0.15) is 16.5 Å². The van der Waals surface area contributed by atoms with Gasteiger partial charge < -0.3 is 19.5 Å². The molecule has 36 heavy (non-hydrogen) atoms. The van der Waals surface area contributed by atoms with Crippen LogP contribution in [-0.4, -0.2) is 46.9 Å². The van der Waals surface area contributed by atoms with Crippen molar-refractivity contribution in [3.8, 4) is 23.1 Å². The molecule has 0 amide bonds. The minimum atomic E-state index is -0.461. The van der Waals surface area contributed by atoms with Gasteiger partial charge in [-0.2, -0.15) is 9.78 Å². The van der Waals surface area contributed by atoms with Crippen LogP contribution in [-0.2, 0) is 4.74 Å². The first-order valence-electron chi connectivity index (χ1n) is 12.0. The molecule has 1 aliphatic heterocycles. The van der Waals surface area contributed by atoms with Gasteiger partial charge in [-0.25, -0.2) is 4.98 Å². The van der Waals surface area contributed by atoms with Crippen molar-refractivity contribution in [2.45, 2.75) is 33.1 Å². The first-order chi connectivity index (χ1) is 17.5. The molecule has 0 spiro atoms. The summed E-state index contributed by atoms with van der Waals surface area (Å²) >= 11 is 6.35. The quantitative estimate of drug-likeness (QED) is 0.382. The second kappa shape index (κ2) is 12.0. The summed E-state index contributed by atoms with van der Waals surface area (Å²) in [4.78, 5) is 29.5. The number of halogens is 1. The second-order valence-electron chi connectivity index (χ2n) is 8.38. The number of ketones is 1. The van der Waals surface area contributed by atoms with E-state index in [2.05, 4.69) is 15.4 Å². The largest absolute Gasteiger partial charge is 0.494 e. The molecular formula is C26H29ClN4O5. The molecule has 1 unspecified atom stereocenters. The second-order valence-corrected chi connectivity index (χ2v) is 8.76. The van der Waals surface area contributed by atoms with Crippen molar-refractivity contribution < 1.29 is 19.0 Å². The van der Waals surface area contributed by atoms with Crippen LogP contribution in [0.4, 0.5) is 5.69 Å². The molecule has 3 heterocycles. The molecule has 1 fully saturated rings. The molecule has 1 atom stereocenters. The number of nitrogens with zero attached hydrogens (tertiary/aromatic N) is 3. The zero-order valence-electron chi connectivity index (χ0n) is 20.3. The monoisotopic (exact) mass is 512 g/mol. The van der Waals surface area contributed by atoms with E-state index in [1.807, 2.05) is 6.92 Å². The van der Waals surface area contributed by atoms with Crippen molar-refractivity contribution in [1.29, 1.82) is 0 Å². The fourth-order valence-corrected chi connectivity index (χ4v) is 4.09. The lowest BCUT2D eigenvalue weighted by atomic mass is 10.0. The molecule has 1 aliphatic rings. The zero-order valence-corrected chi connectivity index (χ0v) is 21.1. The summed E-state index contributed by atoms with van der Waals surface area (Å²) in [5, 5.41) is 7.51. The predicted molar refractivity (Wildman–Crippen MR) is 137 cm³/mol. The normalized spacial score (nSPS) is 15.4. The van der Waals surface area contributed by atoms with E-state index in [1.54, 1.807) is 37.3 Å². The average molecular weight is 513 g/mol. The van der Waals surface area contributed by atoms with E-state index in [1.165, 1.54) is 17.1 Å². The Hall–Kier alpha value is -3.43. The van der Waals surface area contributed by atoms with Crippen molar-refractivity contribution in [1.82, 2.24) is 14.8 Å². The molecule has 0 bridgehead atoms. The van der Waals surface area contributed by atoms with Gasteiger partial charge >= 0.3 is 0 Å². The van der Waals surface area contributed by atoms with Gasteiger partial charge in [0.25, 0.3) is 5.56 Å². The van der Waals surface area contributed by atoms with Crippen molar-refractivity contribution in [3.05, 3.63) is 63.7 Å². The number of carbonyl (C=O) groups excluding carboxylic acids is 1. The molecule has 2 aromatic heterocycles. The standard InChI is InChI=1S/C26H29ClN4O5/c1-3-22(32)20-9-8-19(35-4-2)12-23(20)36-24-10-7-18(14-29-24)31-26(33)25(27)21(15-30-31)28-13-17-6-5-11-34-16-17/h7-10,12,14-15,17,28H,3-6,11,13,16H2,1-2H3. The maximum atomic E-state index is 12.9. The Morgan fingerprint density at radius 1 is 1.25 bits per heavy atom. The first kappa shape index (κ1) is 25.7. The number of benzene rings is 1.